The number of likely N-dealkylation sites (tertiary alicyclic amines) is 1. The highest BCUT2D eigenvalue weighted by molar-refractivity contribution is 4.91. The average molecular weight is 210 g/mol. The molecule has 1 N–H and O–H groups in total. The van der Waals surface area contributed by atoms with Gasteiger partial charge in [0, 0.05) is 12.6 Å². The molecule has 2 fully saturated rings. The highest BCUT2D eigenvalue weighted by Gasteiger charge is 2.34. The second-order valence-electron chi connectivity index (χ2n) is 6.09. The zero-order valence-corrected chi connectivity index (χ0v) is 10.6. The van der Waals surface area contributed by atoms with Crippen molar-refractivity contribution >= 4 is 0 Å². The van der Waals surface area contributed by atoms with Crippen LogP contribution in [0.1, 0.15) is 40.0 Å². The van der Waals surface area contributed by atoms with Gasteiger partial charge in [0.15, 0.2) is 0 Å². The molecule has 2 rings (SSSR count). The number of hydrogen-bond donors (Lipinski definition) is 1. The maximum Gasteiger partial charge on any atom is 0.0260 e. The Bertz CT molecular complexity index is 203. The van der Waals surface area contributed by atoms with Crippen LogP contribution in [0.25, 0.3) is 0 Å². The van der Waals surface area contributed by atoms with Crippen molar-refractivity contribution in [1.29, 1.82) is 0 Å². The monoisotopic (exact) mass is 210 g/mol. The summed E-state index contributed by atoms with van der Waals surface area (Å²) >= 11 is 0. The van der Waals surface area contributed by atoms with Gasteiger partial charge >= 0.3 is 0 Å². The summed E-state index contributed by atoms with van der Waals surface area (Å²) in [5.74, 6) is 0.895. The van der Waals surface area contributed by atoms with Crippen LogP contribution in [-0.4, -0.2) is 37.1 Å². The van der Waals surface area contributed by atoms with Crippen LogP contribution >= 0.6 is 0 Å². The molecule has 2 unspecified atom stereocenters. The van der Waals surface area contributed by atoms with E-state index in [9.17, 15) is 0 Å². The lowest BCUT2D eigenvalue weighted by molar-refractivity contribution is 0.0824. The van der Waals surface area contributed by atoms with Crippen molar-refractivity contribution in [2.75, 3.05) is 26.2 Å². The summed E-state index contributed by atoms with van der Waals surface area (Å²) in [7, 11) is 0. The second kappa shape index (κ2) is 4.42. The van der Waals surface area contributed by atoms with Crippen LogP contribution in [-0.2, 0) is 0 Å². The summed E-state index contributed by atoms with van der Waals surface area (Å²) in [6.45, 7) is 12.2. The summed E-state index contributed by atoms with van der Waals surface area (Å²) in [4.78, 5) is 2.74. The predicted molar refractivity (Wildman–Crippen MR) is 65.0 cm³/mol. The maximum absolute atomic E-state index is 3.55. The summed E-state index contributed by atoms with van der Waals surface area (Å²) < 4.78 is 0. The van der Waals surface area contributed by atoms with Crippen molar-refractivity contribution in [3.05, 3.63) is 0 Å². The molecule has 0 bridgehead atoms. The Kier molecular flexibility index (Phi) is 3.36. The van der Waals surface area contributed by atoms with Gasteiger partial charge in [-0.05, 0) is 43.8 Å². The minimum atomic E-state index is 0.588. The molecule has 15 heavy (non-hydrogen) atoms. The maximum atomic E-state index is 3.55. The van der Waals surface area contributed by atoms with E-state index in [-0.39, 0.29) is 0 Å². The minimum absolute atomic E-state index is 0.588. The van der Waals surface area contributed by atoms with Crippen molar-refractivity contribution in [2.24, 2.45) is 11.3 Å². The molecule has 0 radical (unpaired) electrons. The van der Waals surface area contributed by atoms with Crippen molar-refractivity contribution in [3.8, 4) is 0 Å². The van der Waals surface area contributed by atoms with Crippen LogP contribution in [0.15, 0.2) is 0 Å². The molecule has 0 aromatic heterocycles. The van der Waals surface area contributed by atoms with Crippen LogP contribution in [0, 0.1) is 11.3 Å². The number of hydrogen-bond acceptors (Lipinski definition) is 2. The minimum Gasteiger partial charge on any atom is -0.315 e. The van der Waals surface area contributed by atoms with Gasteiger partial charge in [-0.1, -0.05) is 27.2 Å². The van der Waals surface area contributed by atoms with Crippen LogP contribution in [0.5, 0.6) is 0 Å². The Hall–Kier alpha value is -0.0800. The van der Waals surface area contributed by atoms with Crippen LogP contribution in [0.3, 0.4) is 0 Å². The first-order valence-electron chi connectivity index (χ1n) is 6.57. The van der Waals surface area contributed by atoms with E-state index in [2.05, 4.69) is 31.0 Å². The van der Waals surface area contributed by atoms with Gasteiger partial charge in [0.1, 0.15) is 0 Å². The summed E-state index contributed by atoms with van der Waals surface area (Å²) in [5, 5.41) is 3.55. The molecule has 0 spiro atoms. The predicted octanol–water partition coefficient (Wildman–Crippen LogP) is 2.11. The van der Waals surface area contributed by atoms with E-state index in [0.29, 0.717) is 5.41 Å². The van der Waals surface area contributed by atoms with E-state index in [4.69, 9.17) is 0 Å². The molecular formula is C13H26N2. The third kappa shape index (κ3) is 2.54. The first-order valence-corrected chi connectivity index (χ1v) is 6.57. The van der Waals surface area contributed by atoms with Gasteiger partial charge in [0.25, 0.3) is 0 Å². The van der Waals surface area contributed by atoms with E-state index in [1.165, 1.54) is 45.4 Å². The van der Waals surface area contributed by atoms with Crippen LogP contribution in [0.2, 0.25) is 0 Å². The van der Waals surface area contributed by atoms with Gasteiger partial charge < -0.3 is 5.32 Å². The van der Waals surface area contributed by atoms with Crippen molar-refractivity contribution in [1.82, 2.24) is 10.2 Å². The molecule has 0 saturated carbocycles. The van der Waals surface area contributed by atoms with E-state index in [0.717, 1.165) is 12.0 Å². The van der Waals surface area contributed by atoms with Crippen LogP contribution in [0.4, 0.5) is 0 Å². The van der Waals surface area contributed by atoms with Gasteiger partial charge in [-0.15, -0.1) is 0 Å². The first-order chi connectivity index (χ1) is 7.12. The molecule has 0 aromatic carbocycles. The van der Waals surface area contributed by atoms with Crippen molar-refractivity contribution in [2.45, 2.75) is 46.1 Å². The smallest absolute Gasteiger partial charge is 0.0260 e. The van der Waals surface area contributed by atoms with E-state index in [1.54, 1.807) is 0 Å². The van der Waals surface area contributed by atoms with Gasteiger partial charge in [0.2, 0.25) is 0 Å². The molecule has 88 valence electrons. The van der Waals surface area contributed by atoms with E-state index < -0.39 is 0 Å². The Morgan fingerprint density at radius 3 is 2.47 bits per heavy atom. The van der Waals surface area contributed by atoms with Gasteiger partial charge in [-0.25, -0.2) is 0 Å². The zero-order valence-electron chi connectivity index (χ0n) is 10.6. The summed E-state index contributed by atoms with van der Waals surface area (Å²) in [5.41, 5.74) is 0.588. The molecule has 0 amide bonds. The molecular weight excluding hydrogens is 184 g/mol. The third-order valence-electron chi connectivity index (χ3n) is 4.45. The fraction of sp³-hybridized carbons (Fsp3) is 1.00. The van der Waals surface area contributed by atoms with Crippen LogP contribution < -0.4 is 5.32 Å². The van der Waals surface area contributed by atoms with Gasteiger partial charge in [-0.3, -0.25) is 4.90 Å². The number of piperidine rings is 1. The van der Waals surface area contributed by atoms with E-state index in [1.807, 2.05) is 0 Å². The van der Waals surface area contributed by atoms with Gasteiger partial charge in [0.05, 0.1) is 0 Å². The molecule has 2 saturated heterocycles. The fourth-order valence-electron chi connectivity index (χ4n) is 3.02. The lowest BCUT2D eigenvalue weighted by Crippen LogP contribution is -2.46. The van der Waals surface area contributed by atoms with Crippen molar-refractivity contribution < 1.29 is 0 Å². The third-order valence-corrected chi connectivity index (χ3v) is 4.45. The quantitative estimate of drug-likeness (QED) is 0.751. The highest BCUT2D eigenvalue weighted by atomic mass is 15.2. The Morgan fingerprint density at radius 1 is 1.20 bits per heavy atom. The normalized spacial score (nSPS) is 37.0. The molecule has 2 heteroatoms. The van der Waals surface area contributed by atoms with E-state index >= 15 is 0 Å². The molecule has 0 aromatic rings. The number of nitrogens with one attached hydrogen (secondary N) is 1. The molecule has 0 aliphatic carbocycles. The molecule has 2 aliphatic heterocycles. The fourth-order valence-corrected chi connectivity index (χ4v) is 3.02. The second-order valence-corrected chi connectivity index (χ2v) is 6.09. The Morgan fingerprint density at radius 2 is 1.87 bits per heavy atom. The number of nitrogens with zero attached hydrogens (tertiary/aromatic N) is 1. The first kappa shape index (κ1) is 11.4. The summed E-state index contributed by atoms with van der Waals surface area (Å²) in [6.07, 6.45) is 4.08. The number of rotatable bonds is 2. The standard InChI is InChI=1S/C13H26N2/c1-4-11-9-14-10-12(11)15-7-5-13(2,3)6-8-15/h11-12,14H,4-10H2,1-3H3. The lowest BCUT2D eigenvalue weighted by atomic mass is 9.81. The highest BCUT2D eigenvalue weighted by Crippen LogP contribution is 2.32. The zero-order chi connectivity index (χ0) is 10.9. The topological polar surface area (TPSA) is 15.3 Å². The molecule has 2 aliphatic rings. The Labute approximate surface area is 94.4 Å². The lowest BCUT2D eigenvalue weighted by Gasteiger charge is -2.41. The average Bonchev–Trinajstić information content (AvgIpc) is 2.65. The largest absolute Gasteiger partial charge is 0.315 e. The molecule has 2 nitrogen and oxygen atoms in total. The SMILES string of the molecule is CCC1CNCC1N1CCC(C)(C)CC1. The molecule has 2 heterocycles. The summed E-state index contributed by atoms with van der Waals surface area (Å²) in [6, 6.07) is 0.825. The molecule has 2 atom stereocenters. The Balaban J connectivity index is 1.89. The van der Waals surface area contributed by atoms with Crippen molar-refractivity contribution in [3.63, 3.8) is 0 Å². The van der Waals surface area contributed by atoms with Gasteiger partial charge in [-0.2, -0.15) is 0 Å².